The van der Waals surface area contributed by atoms with Crippen LogP contribution in [0.2, 0.25) is 0 Å². The van der Waals surface area contributed by atoms with Crippen LogP contribution in [0, 0.1) is 0 Å². The molecule has 0 bridgehead atoms. The lowest BCUT2D eigenvalue weighted by Gasteiger charge is -2.19. The molecule has 1 N–H and O–H groups in total. The first kappa shape index (κ1) is 19.8. The van der Waals surface area contributed by atoms with E-state index in [4.69, 9.17) is 0 Å². The van der Waals surface area contributed by atoms with Crippen LogP contribution in [-0.2, 0) is 21.3 Å². The molecular weight excluding hydrogens is 378 g/mol. The van der Waals surface area contributed by atoms with Gasteiger partial charge in [-0.2, -0.15) is 0 Å². The van der Waals surface area contributed by atoms with E-state index < -0.39 is 16.0 Å². The van der Waals surface area contributed by atoms with Crippen molar-refractivity contribution in [2.45, 2.75) is 12.6 Å². The number of nitrogens with one attached hydrogen (secondary N) is 1. The first-order valence-electron chi connectivity index (χ1n) is 8.65. The molecule has 1 aromatic heterocycles. The van der Waals surface area contributed by atoms with Crippen LogP contribution in [-0.4, -0.2) is 36.8 Å². The summed E-state index contributed by atoms with van der Waals surface area (Å²) in [6.45, 7) is 0.134. The van der Waals surface area contributed by atoms with Crippen molar-refractivity contribution in [3.8, 4) is 0 Å². The molecule has 0 aliphatic heterocycles. The minimum atomic E-state index is -3.57. The van der Waals surface area contributed by atoms with E-state index in [1.165, 1.54) is 7.11 Å². The van der Waals surface area contributed by atoms with Gasteiger partial charge in [-0.1, -0.05) is 42.5 Å². The minimum absolute atomic E-state index is 0.117. The molecule has 0 fully saturated rings. The van der Waals surface area contributed by atoms with E-state index in [2.05, 4.69) is 14.4 Å². The molecule has 3 aromatic rings. The van der Waals surface area contributed by atoms with Gasteiger partial charge in [-0.15, -0.1) is 0 Å². The summed E-state index contributed by atoms with van der Waals surface area (Å²) in [5.74, 6) is -0.550. The second kappa shape index (κ2) is 8.81. The molecule has 8 heteroatoms. The molecule has 0 saturated carbocycles. The Kier molecular flexibility index (Phi) is 6.23. The van der Waals surface area contributed by atoms with E-state index in [0.717, 1.165) is 11.1 Å². The number of hydrogen-bond acceptors (Lipinski definition) is 5. The molecule has 1 unspecified atom stereocenters. The molecule has 0 amide bonds. The van der Waals surface area contributed by atoms with Gasteiger partial charge in [0.1, 0.15) is 0 Å². The standard InChI is InChI=1S/C20H21N3O4S/c1-27-20(24)18-9-7-16(8-10-18)13-22-28(25,26)14-19(23-12-11-21-15-23)17-5-3-2-4-6-17/h2-12,15,19,22H,13-14H2,1H3. The average Bonchev–Trinajstić information content (AvgIpc) is 3.26. The number of rotatable bonds is 8. The fraction of sp³-hybridized carbons (Fsp3) is 0.200. The Morgan fingerprint density at radius 1 is 1.14 bits per heavy atom. The first-order chi connectivity index (χ1) is 13.5. The Balaban J connectivity index is 1.70. The summed E-state index contributed by atoms with van der Waals surface area (Å²) in [7, 11) is -2.26. The highest BCUT2D eigenvalue weighted by Crippen LogP contribution is 2.20. The Morgan fingerprint density at radius 2 is 1.86 bits per heavy atom. The lowest BCUT2D eigenvalue weighted by Crippen LogP contribution is -2.31. The van der Waals surface area contributed by atoms with Gasteiger partial charge in [0.15, 0.2) is 0 Å². The molecule has 1 heterocycles. The summed E-state index contributed by atoms with van der Waals surface area (Å²) in [4.78, 5) is 15.5. The third-order valence-corrected chi connectivity index (χ3v) is 5.66. The van der Waals surface area contributed by atoms with Crippen molar-refractivity contribution in [3.05, 3.63) is 90.0 Å². The third kappa shape index (κ3) is 5.05. The zero-order valence-electron chi connectivity index (χ0n) is 15.4. The molecular formula is C20H21N3O4S. The molecule has 1 atom stereocenters. The molecule has 28 heavy (non-hydrogen) atoms. The topological polar surface area (TPSA) is 90.3 Å². The van der Waals surface area contributed by atoms with Crippen LogP contribution in [0.25, 0.3) is 0 Å². The van der Waals surface area contributed by atoms with Crippen molar-refractivity contribution in [1.29, 1.82) is 0 Å². The van der Waals surface area contributed by atoms with Crippen molar-refractivity contribution >= 4 is 16.0 Å². The Morgan fingerprint density at radius 3 is 2.46 bits per heavy atom. The van der Waals surface area contributed by atoms with Gasteiger partial charge in [0.25, 0.3) is 0 Å². The maximum Gasteiger partial charge on any atom is 0.337 e. The van der Waals surface area contributed by atoms with E-state index >= 15 is 0 Å². The van der Waals surface area contributed by atoms with Gasteiger partial charge in [0.2, 0.25) is 10.0 Å². The third-order valence-electron chi connectivity index (χ3n) is 4.32. The summed E-state index contributed by atoms with van der Waals surface area (Å²) in [6.07, 6.45) is 4.98. The highest BCUT2D eigenvalue weighted by Gasteiger charge is 2.22. The quantitative estimate of drug-likeness (QED) is 0.588. The first-order valence-corrected chi connectivity index (χ1v) is 10.3. The number of methoxy groups -OCH3 is 1. The van der Waals surface area contributed by atoms with Gasteiger partial charge < -0.3 is 9.30 Å². The zero-order chi connectivity index (χ0) is 20.0. The maximum atomic E-state index is 12.7. The number of esters is 1. The number of carbonyl (C=O) groups excluding carboxylic acids is 1. The van der Waals surface area contributed by atoms with E-state index in [1.807, 2.05) is 30.3 Å². The van der Waals surface area contributed by atoms with Crippen LogP contribution in [0.15, 0.2) is 73.3 Å². The molecule has 2 aromatic carbocycles. The van der Waals surface area contributed by atoms with Crippen LogP contribution < -0.4 is 4.72 Å². The average molecular weight is 399 g/mol. The molecule has 7 nitrogen and oxygen atoms in total. The number of ether oxygens (including phenoxy) is 1. The van der Waals surface area contributed by atoms with Crippen LogP contribution in [0.3, 0.4) is 0 Å². The molecule has 146 valence electrons. The highest BCUT2D eigenvalue weighted by atomic mass is 32.2. The van der Waals surface area contributed by atoms with Crippen molar-refractivity contribution in [2.75, 3.05) is 12.9 Å². The zero-order valence-corrected chi connectivity index (χ0v) is 16.2. The summed E-state index contributed by atoms with van der Waals surface area (Å²) >= 11 is 0. The molecule has 3 rings (SSSR count). The van der Waals surface area contributed by atoms with Crippen molar-refractivity contribution in [3.63, 3.8) is 0 Å². The van der Waals surface area contributed by atoms with Gasteiger partial charge in [-0.05, 0) is 23.3 Å². The Labute approximate surface area is 164 Å². The number of benzene rings is 2. The van der Waals surface area contributed by atoms with E-state index in [9.17, 15) is 13.2 Å². The van der Waals surface area contributed by atoms with Crippen LogP contribution in [0.5, 0.6) is 0 Å². The van der Waals surface area contributed by atoms with E-state index in [0.29, 0.717) is 5.56 Å². The summed E-state index contributed by atoms with van der Waals surface area (Å²) in [6, 6.07) is 15.6. The van der Waals surface area contributed by atoms with Gasteiger partial charge >= 0.3 is 5.97 Å². The predicted octanol–water partition coefficient (Wildman–Crippen LogP) is 2.38. The summed E-state index contributed by atoms with van der Waals surface area (Å²) in [5, 5.41) is 0. The van der Waals surface area contributed by atoms with E-state index in [-0.39, 0.29) is 18.3 Å². The monoisotopic (exact) mass is 399 g/mol. The number of nitrogens with zero attached hydrogens (tertiary/aromatic N) is 2. The number of aromatic nitrogens is 2. The fourth-order valence-electron chi connectivity index (χ4n) is 2.82. The van der Waals surface area contributed by atoms with Gasteiger partial charge in [-0.25, -0.2) is 22.9 Å². The van der Waals surface area contributed by atoms with Gasteiger partial charge in [0.05, 0.1) is 30.8 Å². The Hall–Kier alpha value is -2.97. The fourth-order valence-corrected chi connectivity index (χ4v) is 4.10. The lowest BCUT2D eigenvalue weighted by atomic mass is 10.1. The summed E-state index contributed by atoms with van der Waals surface area (Å²) < 4.78 is 34.4. The molecule has 0 saturated heterocycles. The minimum Gasteiger partial charge on any atom is -0.465 e. The number of imidazole rings is 1. The Bertz CT molecular complexity index is 1000. The molecule has 0 radical (unpaired) electrons. The number of sulfonamides is 1. The lowest BCUT2D eigenvalue weighted by molar-refractivity contribution is 0.0600. The number of carbonyl (C=O) groups is 1. The number of hydrogen-bond donors (Lipinski definition) is 1. The summed E-state index contributed by atoms with van der Waals surface area (Å²) in [5.41, 5.74) is 2.04. The van der Waals surface area contributed by atoms with Crippen molar-refractivity contribution < 1.29 is 17.9 Å². The van der Waals surface area contributed by atoms with Gasteiger partial charge in [-0.3, -0.25) is 0 Å². The normalized spacial score (nSPS) is 12.5. The van der Waals surface area contributed by atoms with Crippen LogP contribution in [0.4, 0.5) is 0 Å². The van der Waals surface area contributed by atoms with Crippen molar-refractivity contribution in [2.24, 2.45) is 0 Å². The molecule has 0 spiro atoms. The van der Waals surface area contributed by atoms with Gasteiger partial charge in [0, 0.05) is 18.9 Å². The molecule has 0 aliphatic carbocycles. The molecule has 0 aliphatic rings. The highest BCUT2D eigenvalue weighted by molar-refractivity contribution is 7.89. The maximum absolute atomic E-state index is 12.7. The largest absolute Gasteiger partial charge is 0.465 e. The SMILES string of the molecule is COC(=O)c1ccc(CNS(=O)(=O)CC(c2ccccc2)n2ccnc2)cc1. The van der Waals surface area contributed by atoms with Crippen molar-refractivity contribution in [1.82, 2.24) is 14.3 Å². The predicted molar refractivity (Wildman–Crippen MR) is 105 cm³/mol. The smallest absolute Gasteiger partial charge is 0.337 e. The van der Waals surface area contributed by atoms with E-state index in [1.54, 1.807) is 47.6 Å². The second-order valence-corrected chi connectivity index (χ2v) is 8.08. The van der Waals surface area contributed by atoms with Crippen LogP contribution >= 0.6 is 0 Å². The second-order valence-electron chi connectivity index (χ2n) is 6.23. The van der Waals surface area contributed by atoms with Crippen LogP contribution in [0.1, 0.15) is 27.5 Å².